The summed E-state index contributed by atoms with van der Waals surface area (Å²) < 4.78 is 7.29. The maximum atomic E-state index is 12.7. The number of nitrogens with zero attached hydrogens (tertiary/aromatic N) is 3. The SMILES string of the molecule is Cn1cc(NC(=O)c2ccc([C@@H]3C[C@H]3N(CC3CC3)C(=O)OC(C)(C)C)cc2)cn1. The second-order valence-electron chi connectivity index (χ2n) is 9.46. The molecule has 1 aromatic heterocycles. The second-order valence-corrected chi connectivity index (χ2v) is 9.46. The van der Waals surface area contributed by atoms with Gasteiger partial charge in [0.1, 0.15) is 5.60 Å². The molecule has 0 radical (unpaired) electrons. The normalized spacial score (nSPS) is 20.5. The van der Waals surface area contributed by atoms with Crippen LogP contribution in [0.5, 0.6) is 0 Å². The maximum absolute atomic E-state index is 12.7. The highest BCUT2D eigenvalue weighted by molar-refractivity contribution is 6.04. The van der Waals surface area contributed by atoms with Crippen molar-refractivity contribution in [1.82, 2.24) is 14.7 Å². The van der Waals surface area contributed by atoms with Crippen LogP contribution >= 0.6 is 0 Å². The number of aromatic nitrogens is 2. The minimum absolute atomic E-state index is 0.161. The number of hydrogen-bond acceptors (Lipinski definition) is 4. The van der Waals surface area contributed by atoms with Gasteiger partial charge in [-0.05, 0) is 63.6 Å². The molecule has 1 aromatic carbocycles. The standard InChI is InChI=1S/C23H30N4O3/c1-23(2,3)30-22(29)27(13-15-5-6-15)20-11-19(20)16-7-9-17(10-8-16)21(28)25-18-12-24-26(4)14-18/h7-10,12,14-15,19-20H,5-6,11,13H2,1-4H3,(H,25,28)/t19-,20+/m0/s1. The summed E-state index contributed by atoms with van der Waals surface area (Å²) in [5, 5.41) is 6.90. The molecule has 2 fully saturated rings. The van der Waals surface area contributed by atoms with Crippen molar-refractivity contribution < 1.29 is 14.3 Å². The highest BCUT2D eigenvalue weighted by Crippen LogP contribution is 2.46. The number of carbonyl (C=O) groups excluding carboxylic acids is 2. The lowest BCUT2D eigenvalue weighted by Gasteiger charge is -2.28. The molecule has 1 N–H and O–H groups in total. The Morgan fingerprint density at radius 1 is 1.23 bits per heavy atom. The highest BCUT2D eigenvalue weighted by Gasteiger charge is 2.47. The molecule has 0 spiro atoms. The van der Waals surface area contributed by atoms with Crippen molar-refractivity contribution >= 4 is 17.7 Å². The van der Waals surface area contributed by atoms with Crippen molar-refractivity contribution in [3.63, 3.8) is 0 Å². The molecule has 4 rings (SSSR count). The molecule has 2 aliphatic rings. The summed E-state index contributed by atoms with van der Waals surface area (Å²) in [7, 11) is 1.81. The molecule has 7 heteroatoms. The molecule has 0 aliphatic heterocycles. The summed E-state index contributed by atoms with van der Waals surface area (Å²) in [6, 6.07) is 7.85. The van der Waals surface area contributed by atoms with Crippen LogP contribution < -0.4 is 5.32 Å². The number of hydrogen-bond donors (Lipinski definition) is 1. The number of anilines is 1. The Morgan fingerprint density at radius 2 is 1.93 bits per heavy atom. The van der Waals surface area contributed by atoms with E-state index >= 15 is 0 Å². The average Bonchev–Trinajstić information content (AvgIpc) is 3.58. The van der Waals surface area contributed by atoms with Gasteiger partial charge in [0, 0.05) is 37.3 Å². The summed E-state index contributed by atoms with van der Waals surface area (Å²) in [6.07, 6.45) is 6.48. The molecule has 2 aromatic rings. The number of amides is 2. The van der Waals surface area contributed by atoms with Crippen LogP contribution in [0.1, 0.15) is 61.9 Å². The lowest BCUT2D eigenvalue weighted by atomic mass is 10.1. The van der Waals surface area contributed by atoms with Gasteiger partial charge in [0.25, 0.3) is 5.91 Å². The van der Waals surface area contributed by atoms with Crippen LogP contribution in [0, 0.1) is 5.92 Å². The summed E-state index contributed by atoms with van der Waals surface area (Å²) in [4.78, 5) is 27.1. The van der Waals surface area contributed by atoms with Crippen LogP contribution in [0.25, 0.3) is 0 Å². The van der Waals surface area contributed by atoms with Gasteiger partial charge in [0.15, 0.2) is 0 Å². The molecule has 0 unspecified atom stereocenters. The van der Waals surface area contributed by atoms with Gasteiger partial charge in [0.2, 0.25) is 0 Å². The van der Waals surface area contributed by atoms with Gasteiger partial charge < -0.3 is 15.0 Å². The fourth-order valence-electron chi connectivity index (χ4n) is 3.70. The van der Waals surface area contributed by atoms with Crippen LogP contribution in [-0.4, -0.2) is 44.9 Å². The van der Waals surface area contributed by atoms with E-state index < -0.39 is 5.60 Å². The number of carbonyl (C=O) groups is 2. The van der Waals surface area contributed by atoms with Gasteiger partial charge in [0.05, 0.1) is 11.9 Å². The highest BCUT2D eigenvalue weighted by atomic mass is 16.6. The van der Waals surface area contributed by atoms with Crippen molar-refractivity contribution in [3.05, 3.63) is 47.8 Å². The third kappa shape index (κ3) is 5.01. The summed E-state index contributed by atoms with van der Waals surface area (Å²) >= 11 is 0. The van der Waals surface area contributed by atoms with E-state index in [-0.39, 0.29) is 18.0 Å². The third-order valence-corrected chi connectivity index (χ3v) is 5.50. The fourth-order valence-corrected chi connectivity index (χ4v) is 3.70. The Balaban J connectivity index is 1.39. The van der Waals surface area contributed by atoms with Gasteiger partial charge in [-0.1, -0.05) is 12.1 Å². The maximum Gasteiger partial charge on any atom is 0.410 e. The Bertz CT molecular complexity index is 925. The smallest absolute Gasteiger partial charge is 0.410 e. The predicted molar refractivity (Wildman–Crippen MR) is 114 cm³/mol. The van der Waals surface area contributed by atoms with E-state index in [9.17, 15) is 9.59 Å². The first-order valence-electron chi connectivity index (χ1n) is 10.6. The van der Waals surface area contributed by atoms with Crippen molar-refractivity contribution in [2.45, 2.75) is 57.6 Å². The zero-order valence-electron chi connectivity index (χ0n) is 18.1. The molecule has 2 saturated carbocycles. The Morgan fingerprint density at radius 3 is 2.50 bits per heavy atom. The average molecular weight is 411 g/mol. The van der Waals surface area contributed by atoms with Gasteiger partial charge >= 0.3 is 6.09 Å². The van der Waals surface area contributed by atoms with Crippen molar-refractivity contribution in [3.8, 4) is 0 Å². The number of benzene rings is 1. The monoisotopic (exact) mass is 410 g/mol. The number of nitrogens with one attached hydrogen (secondary N) is 1. The third-order valence-electron chi connectivity index (χ3n) is 5.50. The summed E-state index contributed by atoms with van der Waals surface area (Å²) in [5.74, 6) is 0.745. The van der Waals surface area contributed by atoms with Crippen LogP contribution in [0.3, 0.4) is 0 Å². The number of ether oxygens (including phenoxy) is 1. The first kappa shape index (κ1) is 20.4. The van der Waals surface area contributed by atoms with E-state index in [4.69, 9.17) is 4.74 Å². The van der Waals surface area contributed by atoms with E-state index in [1.807, 2.05) is 49.9 Å². The molecule has 30 heavy (non-hydrogen) atoms. The predicted octanol–water partition coefficient (Wildman–Crippen LogP) is 4.18. The molecule has 7 nitrogen and oxygen atoms in total. The first-order valence-corrected chi connectivity index (χ1v) is 10.6. The van der Waals surface area contributed by atoms with Crippen LogP contribution in [0.4, 0.5) is 10.5 Å². The summed E-state index contributed by atoms with van der Waals surface area (Å²) in [6.45, 7) is 6.49. The number of aryl methyl sites for hydroxylation is 1. The summed E-state index contributed by atoms with van der Waals surface area (Å²) in [5.41, 5.74) is 1.93. The minimum Gasteiger partial charge on any atom is -0.444 e. The molecule has 2 atom stereocenters. The number of rotatable bonds is 6. The Labute approximate surface area is 177 Å². The second kappa shape index (κ2) is 7.78. The largest absolute Gasteiger partial charge is 0.444 e. The zero-order valence-corrected chi connectivity index (χ0v) is 18.1. The lowest BCUT2D eigenvalue weighted by molar-refractivity contribution is 0.0220. The molecular weight excluding hydrogens is 380 g/mol. The van der Waals surface area contributed by atoms with Crippen LogP contribution in [0.15, 0.2) is 36.7 Å². The zero-order chi connectivity index (χ0) is 21.5. The quantitative estimate of drug-likeness (QED) is 0.775. The molecule has 0 bridgehead atoms. The molecule has 2 aliphatic carbocycles. The Kier molecular flexibility index (Phi) is 5.30. The topological polar surface area (TPSA) is 76.5 Å². The van der Waals surface area contributed by atoms with Crippen LogP contribution in [0.2, 0.25) is 0 Å². The van der Waals surface area contributed by atoms with Crippen molar-refractivity contribution in [2.24, 2.45) is 13.0 Å². The van der Waals surface area contributed by atoms with Gasteiger partial charge in [-0.15, -0.1) is 0 Å². The van der Waals surface area contributed by atoms with E-state index in [2.05, 4.69) is 10.4 Å². The van der Waals surface area contributed by atoms with E-state index in [0.717, 1.165) is 18.5 Å². The molecule has 160 valence electrons. The van der Waals surface area contributed by atoms with Crippen molar-refractivity contribution in [1.29, 1.82) is 0 Å². The van der Waals surface area contributed by atoms with E-state index in [1.54, 1.807) is 24.1 Å². The first-order chi connectivity index (χ1) is 14.2. The van der Waals surface area contributed by atoms with Crippen molar-refractivity contribution in [2.75, 3.05) is 11.9 Å². The fraction of sp³-hybridized carbons (Fsp3) is 0.522. The minimum atomic E-state index is -0.493. The molecule has 1 heterocycles. The molecule has 0 saturated heterocycles. The van der Waals surface area contributed by atoms with Gasteiger partial charge in [-0.2, -0.15) is 5.10 Å². The van der Waals surface area contributed by atoms with Crippen LogP contribution in [-0.2, 0) is 11.8 Å². The molecular formula is C23H30N4O3. The van der Waals surface area contributed by atoms with E-state index in [1.165, 1.54) is 12.8 Å². The van der Waals surface area contributed by atoms with Gasteiger partial charge in [-0.3, -0.25) is 9.48 Å². The van der Waals surface area contributed by atoms with E-state index in [0.29, 0.717) is 23.1 Å². The Hall–Kier alpha value is -2.83. The van der Waals surface area contributed by atoms with Gasteiger partial charge in [-0.25, -0.2) is 4.79 Å². The lowest BCUT2D eigenvalue weighted by Crippen LogP contribution is -2.40. The molecule has 2 amide bonds.